The van der Waals surface area contributed by atoms with E-state index in [4.69, 9.17) is 13.9 Å². The molecule has 3 heterocycles. The van der Waals surface area contributed by atoms with Gasteiger partial charge in [0.05, 0.1) is 0 Å². The van der Waals surface area contributed by atoms with E-state index < -0.39 is 0 Å². The quantitative estimate of drug-likeness (QED) is 0.410. The Morgan fingerprint density at radius 1 is 1.19 bits per heavy atom. The number of pyridine rings is 1. The first-order valence-corrected chi connectivity index (χ1v) is 10.6. The van der Waals surface area contributed by atoms with Crippen molar-refractivity contribution >= 4 is 22.8 Å². The number of ether oxygens (including phenoxy) is 2. The molecule has 0 saturated carbocycles. The molecule has 0 unspecified atom stereocenters. The number of furan rings is 1. The van der Waals surface area contributed by atoms with Crippen molar-refractivity contribution in [3.05, 3.63) is 77.2 Å². The lowest BCUT2D eigenvalue weighted by Gasteiger charge is -2.14. The van der Waals surface area contributed by atoms with Crippen molar-refractivity contribution in [3.63, 3.8) is 0 Å². The van der Waals surface area contributed by atoms with Crippen LogP contribution in [-0.2, 0) is 16.1 Å². The third kappa shape index (κ3) is 3.58. The molecule has 0 radical (unpaired) electrons. The lowest BCUT2D eigenvalue weighted by Crippen LogP contribution is -2.09. The smallest absolute Gasteiger partial charge is 0.303 e. The molecule has 2 aromatic carbocycles. The van der Waals surface area contributed by atoms with Gasteiger partial charge in [-0.15, -0.1) is 0 Å². The van der Waals surface area contributed by atoms with Gasteiger partial charge in [-0.05, 0) is 54.8 Å². The van der Waals surface area contributed by atoms with E-state index in [9.17, 15) is 4.79 Å². The number of rotatable bonds is 5. The first-order chi connectivity index (χ1) is 15.5. The second kappa shape index (κ2) is 8.04. The third-order valence-corrected chi connectivity index (χ3v) is 5.88. The van der Waals surface area contributed by atoms with Crippen LogP contribution in [0.15, 0.2) is 59.1 Å². The Labute approximate surface area is 186 Å². The molecule has 0 bridgehead atoms. The third-order valence-electron chi connectivity index (χ3n) is 5.88. The largest absolute Gasteiger partial charge is 0.489 e. The van der Waals surface area contributed by atoms with Gasteiger partial charge in [-0.3, -0.25) is 9.78 Å². The van der Waals surface area contributed by atoms with E-state index in [0.717, 1.165) is 45.0 Å². The van der Waals surface area contributed by atoms with E-state index in [1.54, 1.807) is 6.20 Å². The number of esters is 1. The maximum atomic E-state index is 11.3. The summed E-state index contributed by atoms with van der Waals surface area (Å²) in [6.07, 6.45) is 1.46. The number of carbonyl (C=O) groups is 1. The predicted molar refractivity (Wildman–Crippen MR) is 123 cm³/mol. The number of aryl methyl sites for hydroxylation is 1. The van der Waals surface area contributed by atoms with Gasteiger partial charge in [-0.25, -0.2) is 0 Å². The van der Waals surface area contributed by atoms with Crippen molar-refractivity contribution < 1.29 is 18.7 Å². The fourth-order valence-electron chi connectivity index (χ4n) is 4.29. The number of hydrogen-bond donors (Lipinski definition) is 1. The summed E-state index contributed by atoms with van der Waals surface area (Å²) >= 11 is 0. The highest BCUT2D eigenvalue weighted by molar-refractivity contribution is 5.93. The SMILES string of the molecule is CC(=O)O[C@@H]1COc2cc(NCc3cccc(-c4c(C)oc5cccnc45)c3C)ccc21. The molecule has 1 atom stereocenters. The minimum atomic E-state index is -0.336. The van der Waals surface area contributed by atoms with Crippen LogP contribution in [0.4, 0.5) is 5.69 Å². The molecule has 6 nitrogen and oxygen atoms in total. The molecule has 6 heteroatoms. The summed E-state index contributed by atoms with van der Waals surface area (Å²) in [5.41, 5.74) is 8.07. The average molecular weight is 428 g/mol. The number of anilines is 1. The lowest BCUT2D eigenvalue weighted by molar-refractivity contribution is -0.147. The van der Waals surface area contributed by atoms with Crippen LogP contribution in [0.5, 0.6) is 5.75 Å². The van der Waals surface area contributed by atoms with E-state index in [2.05, 4.69) is 35.4 Å². The van der Waals surface area contributed by atoms with Crippen LogP contribution in [-0.4, -0.2) is 17.6 Å². The van der Waals surface area contributed by atoms with Gasteiger partial charge in [0.15, 0.2) is 11.7 Å². The number of benzene rings is 2. The zero-order valence-corrected chi connectivity index (χ0v) is 18.3. The molecule has 0 fully saturated rings. The Hall–Kier alpha value is -3.80. The molecular weight excluding hydrogens is 404 g/mol. The summed E-state index contributed by atoms with van der Waals surface area (Å²) in [6.45, 7) is 6.53. The Kier molecular flexibility index (Phi) is 5.05. The standard InChI is InChI=1S/C26H24N2O4/c1-15-18(6-4-7-20(15)25-16(2)31-22-8-5-11-27-26(22)25)13-28-19-9-10-21-23(12-19)30-14-24(21)32-17(3)29/h4-12,24,28H,13-14H2,1-3H3/t24-/m1/s1. The molecule has 2 aromatic heterocycles. The number of carbonyl (C=O) groups excluding carboxylic acids is 1. The van der Waals surface area contributed by atoms with Gasteiger partial charge in [-0.2, -0.15) is 0 Å². The van der Waals surface area contributed by atoms with Crippen LogP contribution in [0.3, 0.4) is 0 Å². The van der Waals surface area contributed by atoms with Gasteiger partial charge in [0.2, 0.25) is 0 Å². The fourth-order valence-corrected chi connectivity index (χ4v) is 4.29. The zero-order valence-electron chi connectivity index (χ0n) is 18.3. The Balaban J connectivity index is 1.39. The number of nitrogens with zero attached hydrogens (tertiary/aromatic N) is 1. The minimum absolute atomic E-state index is 0.306. The van der Waals surface area contributed by atoms with E-state index in [1.165, 1.54) is 18.1 Å². The van der Waals surface area contributed by atoms with Gasteiger partial charge in [0, 0.05) is 42.5 Å². The normalized spacial score (nSPS) is 14.8. The van der Waals surface area contributed by atoms with Crippen molar-refractivity contribution in [3.8, 4) is 16.9 Å². The zero-order chi connectivity index (χ0) is 22.2. The summed E-state index contributed by atoms with van der Waals surface area (Å²) in [7, 11) is 0. The Bertz CT molecular complexity index is 1320. The summed E-state index contributed by atoms with van der Waals surface area (Å²) in [6, 6.07) is 16.0. The van der Waals surface area contributed by atoms with Crippen LogP contribution in [0.1, 0.15) is 35.5 Å². The van der Waals surface area contributed by atoms with Crippen molar-refractivity contribution in [2.45, 2.75) is 33.4 Å². The highest BCUT2D eigenvalue weighted by Gasteiger charge is 2.26. The van der Waals surface area contributed by atoms with Gasteiger partial charge in [0.1, 0.15) is 23.6 Å². The van der Waals surface area contributed by atoms with Crippen LogP contribution in [0.2, 0.25) is 0 Å². The molecule has 0 aliphatic carbocycles. The number of aromatic nitrogens is 1. The van der Waals surface area contributed by atoms with Crippen molar-refractivity contribution in [2.24, 2.45) is 0 Å². The Morgan fingerprint density at radius 3 is 2.91 bits per heavy atom. The molecule has 0 spiro atoms. The monoisotopic (exact) mass is 428 g/mol. The number of nitrogens with one attached hydrogen (secondary N) is 1. The molecule has 32 heavy (non-hydrogen) atoms. The summed E-state index contributed by atoms with van der Waals surface area (Å²) in [5, 5.41) is 3.48. The molecule has 1 aliphatic rings. The van der Waals surface area contributed by atoms with Gasteiger partial charge < -0.3 is 19.2 Å². The predicted octanol–water partition coefficient (Wildman–Crippen LogP) is 5.72. The molecule has 162 valence electrons. The van der Waals surface area contributed by atoms with E-state index >= 15 is 0 Å². The Morgan fingerprint density at radius 2 is 2.06 bits per heavy atom. The second-order valence-corrected chi connectivity index (χ2v) is 7.99. The molecule has 1 aliphatic heterocycles. The molecule has 1 N–H and O–H groups in total. The highest BCUT2D eigenvalue weighted by atomic mass is 16.6. The van der Waals surface area contributed by atoms with E-state index in [-0.39, 0.29) is 12.1 Å². The first-order valence-electron chi connectivity index (χ1n) is 10.6. The van der Waals surface area contributed by atoms with Crippen LogP contribution < -0.4 is 10.1 Å². The first kappa shape index (κ1) is 20.1. The minimum Gasteiger partial charge on any atom is -0.489 e. The van der Waals surface area contributed by atoms with E-state index in [1.807, 2.05) is 37.3 Å². The molecule has 5 rings (SSSR count). The summed E-state index contributed by atoms with van der Waals surface area (Å²) in [4.78, 5) is 15.8. The van der Waals surface area contributed by atoms with Crippen LogP contribution in [0.25, 0.3) is 22.2 Å². The van der Waals surface area contributed by atoms with Gasteiger partial charge in [-0.1, -0.05) is 18.2 Å². The van der Waals surface area contributed by atoms with Crippen molar-refractivity contribution in [1.29, 1.82) is 0 Å². The fraction of sp³-hybridized carbons (Fsp3) is 0.231. The average Bonchev–Trinajstić information content (AvgIpc) is 3.32. The van der Waals surface area contributed by atoms with Crippen LogP contribution in [0, 0.1) is 13.8 Å². The summed E-state index contributed by atoms with van der Waals surface area (Å²) < 4.78 is 17.0. The summed E-state index contributed by atoms with van der Waals surface area (Å²) in [5.74, 6) is 1.31. The van der Waals surface area contributed by atoms with Gasteiger partial charge >= 0.3 is 5.97 Å². The maximum Gasteiger partial charge on any atom is 0.303 e. The molecular formula is C26H24N2O4. The topological polar surface area (TPSA) is 73.6 Å². The molecule has 0 amide bonds. The van der Waals surface area contributed by atoms with E-state index in [0.29, 0.717) is 13.2 Å². The van der Waals surface area contributed by atoms with Crippen LogP contribution >= 0.6 is 0 Å². The number of fused-ring (bicyclic) bond motifs is 2. The van der Waals surface area contributed by atoms with Crippen molar-refractivity contribution in [2.75, 3.05) is 11.9 Å². The molecule has 0 saturated heterocycles. The second-order valence-electron chi connectivity index (χ2n) is 7.99. The van der Waals surface area contributed by atoms with Gasteiger partial charge in [0.25, 0.3) is 0 Å². The number of hydrogen-bond acceptors (Lipinski definition) is 6. The van der Waals surface area contributed by atoms with Crippen molar-refractivity contribution in [1.82, 2.24) is 4.98 Å². The maximum absolute atomic E-state index is 11.3. The highest BCUT2D eigenvalue weighted by Crippen LogP contribution is 2.38. The lowest BCUT2D eigenvalue weighted by atomic mass is 9.96. The molecule has 4 aromatic rings.